The van der Waals surface area contributed by atoms with Crippen molar-refractivity contribution in [2.45, 2.75) is 13.0 Å². The number of ether oxygens (including phenoxy) is 1. The van der Waals surface area contributed by atoms with E-state index in [-0.39, 0.29) is 5.91 Å². The van der Waals surface area contributed by atoms with Gasteiger partial charge in [-0.1, -0.05) is 24.3 Å². The molecule has 4 heteroatoms. The number of rotatable bonds is 4. The number of hydrogen-bond acceptors (Lipinski definition) is 3. The standard InChI is InChI=1S/C16H17NO3/c1-11(18)14-8-3-4-9-15(14)17-16(19)12-6-5-7-13(10-12)20-2/h3-11,18H,1-2H3,(H,17,19). The van der Waals surface area contributed by atoms with E-state index in [2.05, 4.69) is 5.32 Å². The average molecular weight is 271 g/mol. The Morgan fingerprint density at radius 3 is 2.65 bits per heavy atom. The zero-order chi connectivity index (χ0) is 14.5. The molecule has 1 atom stereocenters. The van der Waals surface area contributed by atoms with Crippen LogP contribution in [0.1, 0.15) is 28.9 Å². The minimum atomic E-state index is -0.642. The number of aliphatic hydroxyl groups is 1. The second-order valence-electron chi connectivity index (χ2n) is 4.45. The lowest BCUT2D eigenvalue weighted by Crippen LogP contribution is -2.14. The first-order valence-electron chi connectivity index (χ1n) is 6.34. The highest BCUT2D eigenvalue weighted by Crippen LogP contribution is 2.23. The van der Waals surface area contributed by atoms with Crippen LogP contribution in [0.2, 0.25) is 0 Å². The predicted molar refractivity (Wildman–Crippen MR) is 78.0 cm³/mol. The Kier molecular flexibility index (Phi) is 4.38. The van der Waals surface area contributed by atoms with Gasteiger partial charge in [-0.05, 0) is 31.2 Å². The molecule has 20 heavy (non-hydrogen) atoms. The van der Waals surface area contributed by atoms with Crippen molar-refractivity contribution >= 4 is 11.6 Å². The number of benzene rings is 2. The molecule has 2 aromatic rings. The molecule has 4 nitrogen and oxygen atoms in total. The lowest BCUT2D eigenvalue weighted by molar-refractivity contribution is 0.102. The molecule has 0 aliphatic carbocycles. The van der Waals surface area contributed by atoms with Crippen molar-refractivity contribution in [3.63, 3.8) is 0 Å². The molecule has 2 rings (SSSR count). The highest BCUT2D eigenvalue weighted by Gasteiger charge is 2.12. The molecule has 104 valence electrons. The summed E-state index contributed by atoms with van der Waals surface area (Å²) in [5.74, 6) is 0.387. The van der Waals surface area contributed by atoms with Crippen LogP contribution in [0.3, 0.4) is 0 Å². The van der Waals surface area contributed by atoms with E-state index < -0.39 is 6.10 Å². The molecule has 2 N–H and O–H groups in total. The SMILES string of the molecule is COc1cccc(C(=O)Nc2ccccc2C(C)O)c1. The van der Waals surface area contributed by atoms with Gasteiger partial charge in [-0.15, -0.1) is 0 Å². The highest BCUT2D eigenvalue weighted by atomic mass is 16.5. The van der Waals surface area contributed by atoms with Crippen LogP contribution in [0, 0.1) is 0 Å². The quantitative estimate of drug-likeness (QED) is 0.898. The van der Waals surface area contributed by atoms with Gasteiger partial charge in [-0.25, -0.2) is 0 Å². The summed E-state index contributed by atoms with van der Waals surface area (Å²) in [7, 11) is 1.56. The van der Waals surface area contributed by atoms with Crippen molar-refractivity contribution in [1.82, 2.24) is 0 Å². The van der Waals surface area contributed by atoms with Gasteiger partial charge in [-0.2, -0.15) is 0 Å². The number of nitrogens with one attached hydrogen (secondary N) is 1. The second-order valence-corrected chi connectivity index (χ2v) is 4.45. The highest BCUT2D eigenvalue weighted by molar-refractivity contribution is 6.04. The Morgan fingerprint density at radius 2 is 1.95 bits per heavy atom. The molecule has 0 aliphatic heterocycles. The number of aliphatic hydroxyl groups excluding tert-OH is 1. The van der Waals surface area contributed by atoms with Gasteiger partial charge in [0.1, 0.15) is 5.75 Å². The van der Waals surface area contributed by atoms with Gasteiger partial charge in [0.15, 0.2) is 0 Å². The first kappa shape index (κ1) is 14.1. The summed E-state index contributed by atoms with van der Waals surface area (Å²) < 4.78 is 5.10. The van der Waals surface area contributed by atoms with Crippen LogP contribution in [0.15, 0.2) is 48.5 Å². The topological polar surface area (TPSA) is 58.6 Å². The van der Waals surface area contributed by atoms with Crippen LogP contribution in [-0.2, 0) is 0 Å². The van der Waals surface area contributed by atoms with E-state index in [1.807, 2.05) is 12.1 Å². The lowest BCUT2D eigenvalue weighted by atomic mass is 10.1. The number of methoxy groups -OCH3 is 1. The molecule has 0 bridgehead atoms. The molecular weight excluding hydrogens is 254 g/mol. The van der Waals surface area contributed by atoms with Crippen molar-refractivity contribution < 1.29 is 14.6 Å². The van der Waals surface area contributed by atoms with E-state index >= 15 is 0 Å². The maximum atomic E-state index is 12.2. The zero-order valence-corrected chi connectivity index (χ0v) is 11.5. The number of carbonyl (C=O) groups is 1. The van der Waals surface area contributed by atoms with Crippen molar-refractivity contribution in [2.24, 2.45) is 0 Å². The van der Waals surface area contributed by atoms with E-state index in [0.717, 1.165) is 0 Å². The van der Waals surface area contributed by atoms with Crippen LogP contribution >= 0.6 is 0 Å². The smallest absolute Gasteiger partial charge is 0.255 e. The van der Waals surface area contributed by atoms with E-state index in [1.165, 1.54) is 0 Å². The molecule has 2 aromatic carbocycles. The van der Waals surface area contributed by atoms with E-state index in [0.29, 0.717) is 22.6 Å². The Morgan fingerprint density at radius 1 is 1.20 bits per heavy atom. The molecular formula is C16H17NO3. The van der Waals surface area contributed by atoms with E-state index in [4.69, 9.17) is 4.74 Å². The summed E-state index contributed by atoms with van der Waals surface area (Å²) in [5, 5.41) is 12.5. The Bertz CT molecular complexity index is 608. The molecule has 0 aliphatic rings. The first-order chi connectivity index (χ1) is 9.61. The third kappa shape index (κ3) is 3.16. The van der Waals surface area contributed by atoms with Gasteiger partial charge in [0.2, 0.25) is 0 Å². The maximum absolute atomic E-state index is 12.2. The van der Waals surface area contributed by atoms with Crippen molar-refractivity contribution in [3.05, 3.63) is 59.7 Å². The van der Waals surface area contributed by atoms with Crippen LogP contribution in [0.5, 0.6) is 5.75 Å². The van der Waals surface area contributed by atoms with E-state index in [1.54, 1.807) is 50.4 Å². The third-order valence-electron chi connectivity index (χ3n) is 2.99. The summed E-state index contributed by atoms with van der Waals surface area (Å²) in [5.41, 5.74) is 1.80. The van der Waals surface area contributed by atoms with Gasteiger partial charge >= 0.3 is 0 Å². The zero-order valence-electron chi connectivity index (χ0n) is 11.5. The second kappa shape index (κ2) is 6.21. The van der Waals surface area contributed by atoms with Gasteiger partial charge in [0, 0.05) is 16.8 Å². The summed E-state index contributed by atoms with van der Waals surface area (Å²) >= 11 is 0. The fraction of sp³-hybridized carbons (Fsp3) is 0.188. The largest absolute Gasteiger partial charge is 0.497 e. The van der Waals surface area contributed by atoms with E-state index in [9.17, 15) is 9.90 Å². The Hall–Kier alpha value is -2.33. The number of carbonyl (C=O) groups excluding carboxylic acids is 1. The molecule has 0 spiro atoms. The van der Waals surface area contributed by atoms with Crippen LogP contribution in [0.4, 0.5) is 5.69 Å². The summed E-state index contributed by atoms with van der Waals surface area (Å²) in [6.07, 6.45) is -0.642. The number of anilines is 1. The fourth-order valence-electron chi connectivity index (χ4n) is 1.93. The monoisotopic (exact) mass is 271 g/mol. The molecule has 0 aromatic heterocycles. The number of para-hydroxylation sites is 1. The molecule has 0 radical (unpaired) electrons. The minimum Gasteiger partial charge on any atom is -0.497 e. The Balaban J connectivity index is 2.23. The maximum Gasteiger partial charge on any atom is 0.255 e. The van der Waals surface area contributed by atoms with Gasteiger partial charge in [-0.3, -0.25) is 4.79 Å². The summed E-state index contributed by atoms with van der Waals surface area (Å²) in [4.78, 5) is 12.2. The van der Waals surface area contributed by atoms with Crippen LogP contribution in [0.25, 0.3) is 0 Å². The van der Waals surface area contributed by atoms with Crippen molar-refractivity contribution in [2.75, 3.05) is 12.4 Å². The average Bonchev–Trinajstić information content (AvgIpc) is 2.47. The third-order valence-corrected chi connectivity index (χ3v) is 2.99. The van der Waals surface area contributed by atoms with Gasteiger partial charge in [0.05, 0.1) is 13.2 Å². The van der Waals surface area contributed by atoms with Crippen LogP contribution in [-0.4, -0.2) is 18.1 Å². The molecule has 1 unspecified atom stereocenters. The molecule has 0 saturated carbocycles. The van der Waals surface area contributed by atoms with Crippen molar-refractivity contribution in [1.29, 1.82) is 0 Å². The number of amides is 1. The lowest BCUT2D eigenvalue weighted by Gasteiger charge is -2.13. The molecule has 0 heterocycles. The summed E-state index contributed by atoms with van der Waals surface area (Å²) in [6, 6.07) is 14.1. The fourth-order valence-corrected chi connectivity index (χ4v) is 1.93. The molecule has 0 saturated heterocycles. The molecule has 0 fully saturated rings. The first-order valence-corrected chi connectivity index (χ1v) is 6.34. The minimum absolute atomic E-state index is 0.239. The van der Waals surface area contributed by atoms with Gasteiger partial charge < -0.3 is 15.2 Å². The predicted octanol–water partition coefficient (Wildman–Crippen LogP) is 3.00. The molecule has 1 amide bonds. The van der Waals surface area contributed by atoms with Crippen LogP contribution < -0.4 is 10.1 Å². The normalized spacial score (nSPS) is 11.8. The van der Waals surface area contributed by atoms with Crippen molar-refractivity contribution in [3.8, 4) is 5.75 Å². The summed E-state index contributed by atoms with van der Waals surface area (Å²) in [6.45, 7) is 1.66. The number of hydrogen-bond donors (Lipinski definition) is 2. The van der Waals surface area contributed by atoms with Gasteiger partial charge in [0.25, 0.3) is 5.91 Å². The Labute approximate surface area is 118 Å².